The fourth-order valence-corrected chi connectivity index (χ4v) is 2.06. The van der Waals surface area contributed by atoms with Gasteiger partial charge < -0.3 is 14.6 Å². The second-order valence-corrected chi connectivity index (χ2v) is 4.97. The van der Waals surface area contributed by atoms with Crippen molar-refractivity contribution in [3.05, 3.63) is 65.7 Å². The first kappa shape index (κ1) is 17.2. The molecule has 0 aliphatic rings. The number of ether oxygens (including phenoxy) is 1. The summed E-state index contributed by atoms with van der Waals surface area (Å²) in [7, 11) is 1.52. The highest BCUT2D eigenvalue weighted by molar-refractivity contribution is 6.03. The molecular weight excluding hydrogens is 308 g/mol. The minimum absolute atomic E-state index is 0.157. The Hall–Kier alpha value is -3.15. The summed E-state index contributed by atoms with van der Waals surface area (Å²) in [5, 5.41) is 14.8. The maximum Gasteiger partial charge on any atom is 0.271 e. The van der Waals surface area contributed by atoms with Crippen LogP contribution in [0.1, 0.15) is 28.8 Å². The van der Waals surface area contributed by atoms with E-state index in [4.69, 9.17) is 4.74 Å². The van der Waals surface area contributed by atoms with Crippen molar-refractivity contribution >= 4 is 17.6 Å². The number of amides is 1. The molecular formula is C18H17N2O4-. The third-order valence-corrected chi connectivity index (χ3v) is 3.30. The van der Waals surface area contributed by atoms with Crippen molar-refractivity contribution < 1.29 is 19.4 Å². The van der Waals surface area contributed by atoms with Crippen molar-refractivity contribution in [3.8, 4) is 5.75 Å². The maximum atomic E-state index is 12.2. The summed E-state index contributed by atoms with van der Waals surface area (Å²) in [6.07, 6.45) is -0.0203. The van der Waals surface area contributed by atoms with Gasteiger partial charge in [-0.3, -0.25) is 4.79 Å². The van der Waals surface area contributed by atoms with E-state index in [1.165, 1.54) is 7.11 Å². The Balaban J connectivity index is 2.16. The number of methoxy groups -OCH3 is 1. The van der Waals surface area contributed by atoms with Gasteiger partial charge in [0.1, 0.15) is 5.75 Å². The van der Waals surface area contributed by atoms with Gasteiger partial charge in [0.05, 0.1) is 12.8 Å². The van der Waals surface area contributed by atoms with Crippen LogP contribution < -0.4 is 15.3 Å². The molecule has 6 nitrogen and oxygen atoms in total. The number of benzene rings is 2. The largest absolute Gasteiger partial charge is 0.550 e. The van der Waals surface area contributed by atoms with E-state index in [1.807, 2.05) is 18.2 Å². The Morgan fingerprint density at radius 2 is 1.75 bits per heavy atom. The molecule has 1 amide bonds. The SMILES string of the molecule is COc1cccc(C(=O)N/N=C(/CCC(=O)[O-])c2ccccc2)c1. The van der Waals surface area contributed by atoms with Crippen LogP contribution in [-0.4, -0.2) is 24.7 Å². The molecule has 0 fully saturated rings. The number of aliphatic carboxylic acids is 1. The van der Waals surface area contributed by atoms with Gasteiger partial charge in [-0.1, -0.05) is 36.4 Å². The van der Waals surface area contributed by atoms with Gasteiger partial charge in [-0.05, 0) is 36.6 Å². The molecule has 0 atom stereocenters. The number of hydrogen-bond donors (Lipinski definition) is 1. The number of carbonyl (C=O) groups is 2. The van der Waals surface area contributed by atoms with E-state index in [0.29, 0.717) is 17.0 Å². The van der Waals surface area contributed by atoms with E-state index in [9.17, 15) is 14.7 Å². The van der Waals surface area contributed by atoms with Gasteiger partial charge in [-0.25, -0.2) is 5.43 Å². The molecule has 0 saturated carbocycles. The summed E-state index contributed by atoms with van der Waals surface area (Å²) >= 11 is 0. The average Bonchev–Trinajstić information content (AvgIpc) is 2.62. The summed E-state index contributed by atoms with van der Waals surface area (Å²) in [6.45, 7) is 0. The lowest BCUT2D eigenvalue weighted by Crippen LogP contribution is -2.24. The first-order valence-corrected chi connectivity index (χ1v) is 7.36. The van der Waals surface area contributed by atoms with Crippen LogP contribution >= 0.6 is 0 Å². The molecule has 0 unspecified atom stereocenters. The van der Waals surface area contributed by atoms with Crippen molar-refractivity contribution in [2.24, 2.45) is 5.10 Å². The summed E-state index contributed by atoms with van der Waals surface area (Å²) in [5.41, 5.74) is 4.06. The fraction of sp³-hybridized carbons (Fsp3) is 0.167. The number of carboxylic acid groups (broad SMARTS) is 1. The lowest BCUT2D eigenvalue weighted by atomic mass is 10.1. The minimum atomic E-state index is -1.17. The number of carbonyl (C=O) groups excluding carboxylic acids is 2. The van der Waals surface area contributed by atoms with E-state index in [1.54, 1.807) is 36.4 Å². The highest BCUT2D eigenvalue weighted by Gasteiger charge is 2.08. The van der Waals surface area contributed by atoms with E-state index < -0.39 is 11.9 Å². The van der Waals surface area contributed by atoms with Gasteiger partial charge in [0, 0.05) is 11.5 Å². The number of hydrazone groups is 1. The number of carboxylic acids is 1. The Kier molecular flexibility index (Phi) is 6.08. The van der Waals surface area contributed by atoms with Crippen LogP contribution in [0.2, 0.25) is 0 Å². The Bertz CT molecular complexity index is 742. The molecule has 0 saturated heterocycles. The zero-order valence-corrected chi connectivity index (χ0v) is 13.2. The van der Waals surface area contributed by atoms with Crippen molar-refractivity contribution in [1.29, 1.82) is 0 Å². The smallest absolute Gasteiger partial charge is 0.271 e. The number of rotatable bonds is 7. The van der Waals surface area contributed by atoms with E-state index in [0.717, 1.165) is 5.56 Å². The van der Waals surface area contributed by atoms with Crippen LogP contribution in [0.25, 0.3) is 0 Å². The van der Waals surface area contributed by atoms with E-state index >= 15 is 0 Å². The van der Waals surface area contributed by atoms with Gasteiger partial charge in [0.2, 0.25) is 0 Å². The van der Waals surface area contributed by atoms with Crippen molar-refractivity contribution in [2.45, 2.75) is 12.8 Å². The van der Waals surface area contributed by atoms with Crippen LogP contribution in [-0.2, 0) is 4.79 Å². The summed E-state index contributed by atoms with van der Waals surface area (Å²) in [6, 6.07) is 15.7. The Morgan fingerprint density at radius 1 is 1.04 bits per heavy atom. The van der Waals surface area contributed by atoms with Crippen LogP contribution in [0.4, 0.5) is 0 Å². The predicted molar refractivity (Wildman–Crippen MR) is 87.7 cm³/mol. The van der Waals surface area contributed by atoms with Gasteiger partial charge in [-0.2, -0.15) is 5.10 Å². The molecule has 2 aromatic rings. The molecule has 0 aromatic heterocycles. The fourth-order valence-electron chi connectivity index (χ4n) is 2.06. The Morgan fingerprint density at radius 3 is 2.42 bits per heavy atom. The van der Waals surface area contributed by atoms with Crippen LogP contribution in [0.15, 0.2) is 59.7 Å². The second kappa shape index (κ2) is 8.47. The molecule has 0 aliphatic heterocycles. The summed E-state index contributed by atoms with van der Waals surface area (Å²) in [4.78, 5) is 22.9. The highest BCUT2D eigenvalue weighted by Crippen LogP contribution is 2.12. The lowest BCUT2D eigenvalue weighted by molar-refractivity contribution is -0.305. The number of nitrogens with one attached hydrogen (secondary N) is 1. The molecule has 2 aromatic carbocycles. The van der Waals surface area contributed by atoms with Crippen LogP contribution in [0, 0.1) is 0 Å². The van der Waals surface area contributed by atoms with Crippen LogP contribution in [0.5, 0.6) is 5.75 Å². The molecule has 124 valence electrons. The predicted octanol–water partition coefficient (Wildman–Crippen LogP) is 1.36. The molecule has 0 radical (unpaired) electrons. The molecule has 1 N–H and O–H groups in total. The van der Waals surface area contributed by atoms with Crippen LogP contribution in [0.3, 0.4) is 0 Å². The quantitative estimate of drug-likeness (QED) is 0.615. The van der Waals surface area contributed by atoms with E-state index in [2.05, 4.69) is 10.5 Å². The van der Waals surface area contributed by atoms with Gasteiger partial charge in [0.25, 0.3) is 5.91 Å². The third kappa shape index (κ3) is 4.95. The standard InChI is InChI=1S/C18H18N2O4/c1-24-15-9-5-8-14(12-15)18(23)20-19-16(10-11-17(21)22)13-6-3-2-4-7-13/h2-9,12H,10-11H2,1H3,(H,20,23)(H,21,22)/p-1/b19-16-. The third-order valence-electron chi connectivity index (χ3n) is 3.30. The molecule has 0 bridgehead atoms. The molecule has 2 rings (SSSR count). The first-order valence-electron chi connectivity index (χ1n) is 7.36. The molecule has 6 heteroatoms. The zero-order chi connectivity index (χ0) is 17.4. The van der Waals surface area contributed by atoms with E-state index in [-0.39, 0.29) is 12.8 Å². The zero-order valence-electron chi connectivity index (χ0n) is 13.2. The van der Waals surface area contributed by atoms with Crippen molar-refractivity contribution in [1.82, 2.24) is 5.43 Å². The topological polar surface area (TPSA) is 90.8 Å². The first-order chi connectivity index (χ1) is 11.6. The minimum Gasteiger partial charge on any atom is -0.550 e. The van der Waals surface area contributed by atoms with Crippen molar-refractivity contribution in [2.75, 3.05) is 7.11 Å². The summed E-state index contributed by atoms with van der Waals surface area (Å²) in [5.74, 6) is -1.01. The lowest BCUT2D eigenvalue weighted by Gasteiger charge is -2.09. The summed E-state index contributed by atoms with van der Waals surface area (Å²) < 4.78 is 5.08. The maximum absolute atomic E-state index is 12.2. The number of hydrogen-bond acceptors (Lipinski definition) is 5. The second-order valence-electron chi connectivity index (χ2n) is 4.97. The number of nitrogens with zero attached hydrogens (tertiary/aromatic N) is 1. The normalized spacial score (nSPS) is 11.0. The molecule has 24 heavy (non-hydrogen) atoms. The molecule has 0 aliphatic carbocycles. The van der Waals surface area contributed by atoms with Gasteiger partial charge in [-0.15, -0.1) is 0 Å². The van der Waals surface area contributed by atoms with Gasteiger partial charge >= 0.3 is 0 Å². The molecule has 0 heterocycles. The highest BCUT2D eigenvalue weighted by atomic mass is 16.5. The molecule has 0 spiro atoms. The monoisotopic (exact) mass is 325 g/mol. The van der Waals surface area contributed by atoms with Gasteiger partial charge in [0.15, 0.2) is 0 Å². The Labute approximate surface area is 139 Å². The van der Waals surface area contributed by atoms with Crippen molar-refractivity contribution in [3.63, 3.8) is 0 Å². The average molecular weight is 325 g/mol.